The molecule has 0 radical (unpaired) electrons. The molecule has 0 spiro atoms. The number of carbonyl (C=O) groups is 1. The van der Waals surface area contributed by atoms with Crippen LogP contribution in [0.5, 0.6) is 0 Å². The summed E-state index contributed by atoms with van der Waals surface area (Å²) in [6.45, 7) is 3.35. The van der Waals surface area contributed by atoms with Crippen molar-refractivity contribution in [2.45, 2.75) is 6.92 Å². The zero-order valence-corrected chi connectivity index (χ0v) is 10.0. The zero-order chi connectivity index (χ0) is 13.1. The summed E-state index contributed by atoms with van der Waals surface area (Å²) < 4.78 is 32.2. The third-order valence-corrected chi connectivity index (χ3v) is 2.69. The van der Waals surface area contributed by atoms with E-state index in [0.717, 1.165) is 6.07 Å². The predicted octanol–water partition coefficient (Wildman–Crippen LogP) is 1.76. The van der Waals surface area contributed by atoms with Crippen LogP contribution in [0.4, 0.5) is 20.2 Å². The van der Waals surface area contributed by atoms with E-state index in [1.54, 1.807) is 4.90 Å². The first kappa shape index (κ1) is 12.8. The van der Waals surface area contributed by atoms with Crippen molar-refractivity contribution in [2.24, 2.45) is 0 Å². The van der Waals surface area contributed by atoms with Crippen LogP contribution in [0.1, 0.15) is 6.92 Å². The van der Waals surface area contributed by atoms with E-state index in [9.17, 15) is 13.6 Å². The first-order chi connectivity index (χ1) is 8.58. The molecule has 18 heavy (non-hydrogen) atoms. The van der Waals surface area contributed by atoms with Crippen LogP contribution in [0.2, 0.25) is 0 Å². The molecule has 1 saturated heterocycles. The second-order valence-electron chi connectivity index (χ2n) is 4.06. The summed E-state index contributed by atoms with van der Waals surface area (Å²) in [5.74, 6) is -1.83. The Morgan fingerprint density at radius 3 is 2.61 bits per heavy atom. The number of nitrogens with one attached hydrogen (secondary N) is 1. The van der Waals surface area contributed by atoms with Gasteiger partial charge >= 0.3 is 0 Å². The lowest BCUT2D eigenvalue weighted by atomic mass is 10.2. The average molecular weight is 256 g/mol. The molecule has 4 nitrogen and oxygen atoms in total. The SMILES string of the molecule is CC(=O)Nc1c(F)cc(F)cc1N1CCOCC1. The minimum atomic E-state index is -0.772. The quantitative estimate of drug-likeness (QED) is 0.876. The van der Waals surface area contributed by atoms with Crippen LogP contribution in [0.25, 0.3) is 0 Å². The lowest BCUT2D eigenvalue weighted by Crippen LogP contribution is -2.37. The molecule has 1 aliphatic heterocycles. The number of carbonyl (C=O) groups excluding carboxylic acids is 1. The lowest BCUT2D eigenvalue weighted by molar-refractivity contribution is -0.114. The summed E-state index contributed by atoms with van der Waals surface area (Å²) in [7, 11) is 0. The van der Waals surface area contributed by atoms with Crippen molar-refractivity contribution in [3.63, 3.8) is 0 Å². The maximum absolute atomic E-state index is 13.7. The Labute approximate surface area is 104 Å². The fourth-order valence-corrected chi connectivity index (χ4v) is 1.91. The molecule has 1 aliphatic rings. The van der Waals surface area contributed by atoms with E-state index in [0.29, 0.717) is 32.0 Å². The van der Waals surface area contributed by atoms with Crippen LogP contribution in [-0.4, -0.2) is 32.2 Å². The van der Waals surface area contributed by atoms with E-state index < -0.39 is 17.5 Å². The number of hydrogen-bond donors (Lipinski definition) is 1. The van der Waals surface area contributed by atoms with Gasteiger partial charge in [-0.15, -0.1) is 0 Å². The van der Waals surface area contributed by atoms with Gasteiger partial charge in [-0.3, -0.25) is 4.79 Å². The van der Waals surface area contributed by atoms with Crippen molar-refractivity contribution >= 4 is 17.3 Å². The van der Waals surface area contributed by atoms with Gasteiger partial charge in [0.25, 0.3) is 0 Å². The van der Waals surface area contributed by atoms with Crippen LogP contribution in [-0.2, 0) is 9.53 Å². The van der Waals surface area contributed by atoms with E-state index >= 15 is 0 Å². The third-order valence-electron chi connectivity index (χ3n) is 2.69. The number of morpholine rings is 1. The van der Waals surface area contributed by atoms with Gasteiger partial charge in [0.2, 0.25) is 5.91 Å². The predicted molar refractivity (Wildman–Crippen MR) is 63.7 cm³/mol. The second-order valence-corrected chi connectivity index (χ2v) is 4.06. The topological polar surface area (TPSA) is 41.6 Å². The molecule has 1 N–H and O–H groups in total. The molecule has 1 amide bonds. The summed E-state index contributed by atoms with van der Waals surface area (Å²) in [6, 6.07) is 1.98. The molecular formula is C12H14F2N2O2. The molecule has 1 heterocycles. The number of ether oxygens (including phenoxy) is 1. The van der Waals surface area contributed by atoms with Gasteiger partial charge in [-0.2, -0.15) is 0 Å². The van der Waals surface area contributed by atoms with Crippen molar-refractivity contribution in [2.75, 3.05) is 36.5 Å². The third kappa shape index (κ3) is 2.76. The molecule has 0 aliphatic carbocycles. The zero-order valence-electron chi connectivity index (χ0n) is 10.0. The molecular weight excluding hydrogens is 242 g/mol. The Hall–Kier alpha value is -1.69. The molecule has 1 fully saturated rings. The van der Waals surface area contributed by atoms with Crippen LogP contribution in [0, 0.1) is 11.6 Å². The Bertz CT molecular complexity index is 460. The molecule has 0 aromatic heterocycles. The monoisotopic (exact) mass is 256 g/mol. The van der Waals surface area contributed by atoms with Gasteiger partial charge < -0.3 is 15.0 Å². The van der Waals surface area contributed by atoms with E-state index in [2.05, 4.69) is 5.32 Å². The van der Waals surface area contributed by atoms with Gasteiger partial charge in [-0.1, -0.05) is 0 Å². The number of hydrogen-bond acceptors (Lipinski definition) is 3. The molecule has 98 valence electrons. The second kappa shape index (κ2) is 5.30. The Balaban J connectivity index is 2.38. The Kier molecular flexibility index (Phi) is 3.76. The van der Waals surface area contributed by atoms with Gasteiger partial charge in [-0.05, 0) is 6.07 Å². The molecule has 1 aromatic rings. The molecule has 0 atom stereocenters. The smallest absolute Gasteiger partial charge is 0.221 e. The molecule has 0 unspecified atom stereocenters. The van der Waals surface area contributed by atoms with E-state index in [1.165, 1.54) is 13.0 Å². The highest BCUT2D eigenvalue weighted by atomic mass is 19.1. The summed E-state index contributed by atoms with van der Waals surface area (Å²) in [5, 5.41) is 2.40. The summed E-state index contributed by atoms with van der Waals surface area (Å²) in [6.07, 6.45) is 0. The highest BCUT2D eigenvalue weighted by Crippen LogP contribution is 2.30. The van der Waals surface area contributed by atoms with Gasteiger partial charge in [0, 0.05) is 26.1 Å². The van der Waals surface area contributed by atoms with Gasteiger partial charge in [0.1, 0.15) is 11.5 Å². The maximum Gasteiger partial charge on any atom is 0.221 e. The Morgan fingerprint density at radius 2 is 2.00 bits per heavy atom. The number of nitrogens with zero attached hydrogens (tertiary/aromatic N) is 1. The first-order valence-corrected chi connectivity index (χ1v) is 5.67. The minimum absolute atomic E-state index is 0.0193. The van der Waals surface area contributed by atoms with Crippen molar-refractivity contribution in [3.8, 4) is 0 Å². The molecule has 2 rings (SSSR count). The number of amides is 1. The number of anilines is 2. The number of halogens is 2. The normalized spacial score (nSPS) is 15.6. The van der Waals surface area contributed by atoms with E-state index in [1.807, 2.05) is 0 Å². The lowest BCUT2D eigenvalue weighted by Gasteiger charge is -2.30. The van der Waals surface area contributed by atoms with Crippen LogP contribution in [0.3, 0.4) is 0 Å². The highest BCUT2D eigenvalue weighted by molar-refractivity contribution is 5.93. The van der Waals surface area contributed by atoms with Gasteiger partial charge in [-0.25, -0.2) is 8.78 Å². The highest BCUT2D eigenvalue weighted by Gasteiger charge is 2.19. The van der Waals surface area contributed by atoms with Crippen LogP contribution in [0.15, 0.2) is 12.1 Å². The number of benzene rings is 1. The fourth-order valence-electron chi connectivity index (χ4n) is 1.91. The van der Waals surface area contributed by atoms with Crippen molar-refractivity contribution in [3.05, 3.63) is 23.8 Å². The summed E-state index contributed by atoms with van der Waals surface area (Å²) in [4.78, 5) is 12.9. The minimum Gasteiger partial charge on any atom is -0.378 e. The van der Waals surface area contributed by atoms with Crippen LogP contribution < -0.4 is 10.2 Å². The maximum atomic E-state index is 13.7. The van der Waals surface area contributed by atoms with Gasteiger partial charge in [0.05, 0.1) is 18.9 Å². The fraction of sp³-hybridized carbons (Fsp3) is 0.417. The van der Waals surface area contributed by atoms with Crippen molar-refractivity contribution in [1.29, 1.82) is 0 Å². The standard InChI is InChI=1S/C12H14F2N2O2/c1-8(17)15-12-10(14)6-9(13)7-11(12)16-2-4-18-5-3-16/h6-7H,2-5H2,1H3,(H,15,17). The Morgan fingerprint density at radius 1 is 1.33 bits per heavy atom. The van der Waals surface area contributed by atoms with Gasteiger partial charge in [0.15, 0.2) is 5.82 Å². The number of rotatable bonds is 2. The molecule has 1 aromatic carbocycles. The van der Waals surface area contributed by atoms with E-state index in [4.69, 9.17) is 4.74 Å². The molecule has 0 bridgehead atoms. The molecule has 6 heteroatoms. The van der Waals surface area contributed by atoms with Crippen molar-refractivity contribution < 1.29 is 18.3 Å². The van der Waals surface area contributed by atoms with E-state index in [-0.39, 0.29) is 5.69 Å². The average Bonchev–Trinajstić information content (AvgIpc) is 2.33. The van der Waals surface area contributed by atoms with Crippen molar-refractivity contribution in [1.82, 2.24) is 0 Å². The summed E-state index contributed by atoms with van der Waals surface area (Å²) in [5.41, 5.74) is 0.372. The summed E-state index contributed by atoms with van der Waals surface area (Å²) >= 11 is 0. The first-order valence-electron chi connectivity index (χ1n) is 5.67. The molecule has 0 saturated carbocycles. The largest absolute Gasteiger partial charge is 0.378 e. The van der Waals surface area contributed by atoms with Crippen LogP contribution >= 0.6 is 0 Å².